The van der Waals surface area contributed by atoms with Gasteiger partial charge in [-0.05, 0) is 19.4 Å². The molecule has 9 nitrogen and oxygen atoms in total. The molecule has 0 amide bonds. The molecule has 172 valence electrons. The van der Waals surface area contributed by atoms with Crippen molar-refractivity contribution in [2.45, 2.75) is 32.3 Å². The Balaban J connectivity index is 2.60. The highest BCUT2D eigenvalue weighted by Gasteiger charge is 2.34. The SMILES string of the molecule is CCOCCOCCOCCOc1ccccc1C(CC)C(OS(C)(=O)=O)C(=O)O. The molecule has 1 N–H and O–H groups in total. The van der Waals surface area contributed by atoms with E-state index in [1.165, 1.54) is 0 Å². The van der Waals surface area contributed by atoms with Crippen molar-refractivity contribution in [1.29, 1.82) is 0 Å². The third kappa shape index (κ3) is 10.4. The van der Waals surface area contributed by atoms with E-state index in [2.05, 4.69) is 0 Å². The van der Waals surface area contributed by atoms with E-state index in [4.69, 9.17) is 23.1 Å². The highest BCUT2D eigenvalue weighted by molar-refractivity contribution is 7.86. The quantitative estimate of drug-likeness (QED) is 0.282. The van der Waals surface area contributed by atoms with Crippen LogP contribution >= 0.6 is 0 Å². The number of rotatable bonds is 17. The van der Waals surface area contributed by atoms with Crippen molar-refractivity contribution >= 4 is 16.1 Å². The second-order valence-corrected chi connectivity index (χ2v) is 7.98. The topological polar surface area (TPSA) is 118 Å². The smallest absolute Gasteiger partial charge is 0.335 e. The molecule has 1 aromatic rings. The Labute approximate surface area is 178 Å². The number of aliphatic carboxylic acids is 1. The van der Waals surface area contributed by atoms with Crippen LogP contribution in [0.3, 0.4) is 0 Å². The van der Waals surface area contributed by atoms with Crippen LogP contribution in [0.2, 0.25) is 0 Å². The fourth-order valence-corrected chi connectivity index (χ4v) is 3.37. The maximum atomic E-state index is 11.6. The third-order valence-electron chi connectivity index (χ3n) is 4.08. The van der Waals surface area contributed by atoms with Crippen molar-refractivity contribution in [1.82, 2.24) is 0 Å². The maximum Gasteiger partial charge on any atom is 0.335 e. The first-order chi connectivity index (χ1) is 14.3. The van der Waals surface area contributed by atoms with Crippen molar-refractivity contribution in [2.24, 2.45) is 0 Å². The highest BCUT2D eigenvalue weighted by atomic mass is 32.2. The lowest BCUT2D eigenvalue weighted by atomic mass is 9.90. The first-order valence-corrected chi connectivity index (χ1v) is 11.7. The Morgan fingerprint density at radius 1 is 0.967 bits per heavy atom. The van der Waals surface area contributed by atoms with Crippen molar-refractivity contribution < 1.29 is 41.4 Å². The number of hydrogen-bond donors (Lipinski definition) is 1. The van der Waals surface area contributed by atoms with Crippen LogP contribution in [0.5, 0.6) is 5.75 Å². The molecule has 0 fully saturated rings. The summed E-state index contributed by atoms with van der Waals surface area (Å²) in [7, 11) is -3.94. The minimum Gasteiger partial charge on any atom is -0.491 e. The Bertz CT molecular complexity index is 721. The summed E-state index contributed by atoms with van der Waals surface area (Å²) >= 11 is 0. The first kappa shape index (κ1) is 26.3. The molecule has 0 aromatic heterocycles. The fourth-order valence-electron chi connectivity index (χ4n) is 2.78. The molecule has 0 spiro atoms. The summed E-state index contributed by atoms with van der Waals surface area (Å²) in [4.78, 5) is 11.6. The van der Waals surface area contributed by atoms with Crippen LogP contribution in [0.1, 0.15) is 31.7 Å². The molecular formula is C20H32O9S. The van der Waals surface area contributed by atoms with Gasteiger partial charge in [0, 0.05) is 18.1 Å². The molecule has 0 saturated carbocycles. The molecule has 0 aliphatic carbocycles. The van der Waals surface area contributed by atoms with Gasteiger partial charge in [-0.2, -0.15) is 8.42 Å². The lowest BCUT2D eigenvalue weighted by Gasteiger charge is -2.24. The van der Waals surface area contributed by atoms with Gasteiger partial charge in [0.2, 0.25) is 0 Å². The minimum absolute atomic E-state index is 0.247. The highest BCUT2D eigenvalue weighted by Crippen LogP contribution is 2.33. The molecule has 1 rings (SSSR count). The summed E-state index contributed by atoms with van der Waals surface area (Å²) in [6.07, 6.45) is -0.363. The summed E-state index contributed by atoms with van der Waals surface area (Å²) in [6, 6.07) is 6.90. The summed E-state index contributed by atoms with van der Waals surface area (Å²) in [5, 5.41) is 9.49. The molecule has 0 saturated heterocycles. The molecule has 0 heterocycles. The van der Waals surface area contributed by atoms with E-state index >= 15 is 0 Å². The average Bonchev–Trinajstić information content (AvgIpc) is 2.69. The number of hydrogen-bond acceptors (Lipinski definition) is 8. The monoisotopic (exact) mass is 448 g/mol. The van der Waals surface area contributed by atoms with Gasteiger partial charge in [-0.15, -0.1) is 0 Å². The molecule has 30 heavy (non-hydrogen) atoms. The predicted octanol–water partition coefficient (Wildman–Crippen LogP) is 2.06. The van der Waals surface area contributed by atoms with Gasteiger partial charge in [0.15, 0.2) is 6.10 Å². The van der Waals surface area contributed by atoms with Crippen LogP contribution in [-0.2, 0) is 33.3 Å². The first-order valence-electron chi connectivity index (χ1n) is 9.86. The molecule has 2 unspecified atom stereocenters. The van der Waals surface area contributed by atoms with Gasteiger partial charge < -0.3 is 24.1 Å². The van der Waals surface area contributed by atoms with Gasteiger partial charge in [-0.3, -0.25) is 4.18 Å². The van der Waals surface area contributed by atoms with Crippen LogP contribution in [0.25, 0.3) is 0 Å². The third-order valence-corrected chi connectivity index (χ3v) is 4.64. The van der Waals surface area contributed by atoms with Gasteiger partial charge in [-0.1, -0.05) is 25.1 Å². The summed E-state index contributed by atoms with van der Waals surface area (Å²) in [5.41, 5.74) is 0.565. The Hall–Kier alpha value is -1.72. The normalized spacial score (nSPS) is 13.7. The standard InChI is InChI=1S/C20H32O9S/c1-4-16(19(20(21)22)29-30(3,23)24)17-8-6-7-9-18(17)28-15-14-27-13-12-26-11-10-25-5-2/h6-9,16,19H,4-5,10-15H2,1-3H3,(H,21,22). The Kier molecular flexibility index (Phi) is 12.6. The maximum absolute atomic E-state index is 11.6. The van der Waals surface area contributed by atoms with E-state index < -0.39 is 28.1 Å². The minimum atomic E-state index is -3.94. The lowest BCUT2D eigenvalue weighted by molar-refractivity contribution is -0.146. The van der Waals surface area contributed by atoms with E-state index in [9.17, 15) is 18.3 Å². The van der Waals surface area contributed by atoms with E-state index in [0.717, 1.165) is 6.26 Å². The molecule has 0 bridgehead atoms. The zero-order chi connectivity index (χ0) is 22.4. The zero-order valence-corrected chi connectivity index (χ0v) is 18.6. The number of para-hydroxylation sites is 1. The van der Waals surface area contributed by atoms with Crippen molar-refractivity contribution in [3.63, 3.8) is 0 Å². The molecular weight excluding hydrogens is 416 g/mol. The number of benzene rings is 1. The van der Waals surface area contributed by atoms with Crippen LogP contribution in [-0.4, -0.2) is 78.1 Å². The number of carboxylic acid groups (broad SMARTS) is 1. The summed E-state index contributed by atoms with van der Waals surface area (Å²) in [5.74, 6) is -1.59. The number of carbonyl (C=O) groups is 1. The second kappa shape index (κ2) is 14.3. The van der Waals surface area contributed by atoms with Crippen molar-refractivity contribution in [3.05, 3.63) is 29.8 Å². The van der Waals surface area contributed by atoms with Gasteiger partial charge in [0.05, 0.1) is 39.3 Å². The number of carboxylic acids is 1. The van der Waals surface area contributed by atoms with Crippen molar-refractivity contribution in [2.75, 3.05) is 52.5 Å². The Morgan fingerprint density at radius 3 is 2.07 bits per heavy atom. The molecule has 10 heteroatoms. The summed E-state index contributed by atoms with van der Waals surface area (Å²) in [6.45, 7) is 6.84. The predicted molar refractivity (Wildman–Crippen MR) is 110 cm³/mol. The van der Waals surface area contributed by atoms with Gasteiger partial charge in [0.25, 0.3) is 10.1 Å². The fraction of sp³-hybridized carbons (Fsp3) is 0.650. The van der Waals surface area contributed by atoms with Gasteiger partial charge >= 0.3 is 5.97 Å². The van der Waals surface area contributed by atoms with Crippen LogP contribution in [0.15, 0.2) is 24.3 Å². The van der Waals surface area contributed by atoms with Gasteiger partial charge in [0.1, 0.15) is 12.4 Å². The second-order valence-electron chi connectivity index (χ2n) is 6.38. The number of ether oxygens (including phenoxy) is 4. The van der Waals surface area contributed by atoms with E-state index in [-0.39, 0.29) is 6.61 Å². The van der Waals surface area contributed by atoms with E-state index in [1.54, 1.807) is 31.2 Å². The van der Waals surface area contributed by atoms with Crippen LogP contribution < -0.4 is 4.74 Å². The average molecular weight is 449 g/mol. The molecule has 1 aromatic carbocycles. The zero-order valence-electron chi connectivity index (χ0n) is 17.7. The van der Waals surface area contributed by atoms with Gasteiger partial charge in [-0.25, -0.2) is 4.79 Å². The molecule has 0 aliphatic heterocycles. The molecule has 0 radical (unpaired) electrons. The van der Waals surface area contributed by atoms with E-state index in [1.807, 2.05) is 6.92 Å². The summed E-state index contributed by atoms with van der Waals surface area (Å²) < 4.78 is 49.6. The van der Waals surface area contributed by atoms with Crippen LogP contribution in [0, 0.1) is 0 Å². The molecule has 0 aliphatic rings. The lowest BCUT2D eigenvalue weighted by Crippen LogP contribution is -2.33. The van der Waals surface area contributed by atoms with Crippen molar-refractivity contribution in [3.8, 4) is 5.75 Å². The Morgan fingerprint density at radius 2 is 1.53 bits per heavy atom. The largest absolute Gasteiger partial charge is 0.491 e. The van der Waals surface area contributed by atoms with E-state index in [0.29, 0.717) is 57.4 Å². The van der Waals surface area contributed by atoms with Crippen LogP contribution in [0.4, 0.5) is 0 Å². The molecule has 2 atom stereocenters.